The lowest BCUT2D eigenvalue weighted by molar-refractivity contribution is 0.320. The van der Waals surface area contributed by atoms with Gasteiger partial charge in [0.05, 0.1) is 6.04 Å². The standard InChI is InChI=1S/C12H19BrN2O2S/c1-14-8-5-7-11(14)12-6-3-2-4-9-15(12)18(16,17)10-13/h5,7-8,12H,2-4,6,9-10H2,1H3. The van der Waals surface area contributed by atoms with Gasteiger partial charge in [-0.3, -0.25) is 0 Å². The Kier molecular flexibility index (Phi) is 4.50. The fourth-order valence-corrected chi connectivity index (χ4v) is 4.52. The van der Waals surface area contributed by atoms with Gasteiger partial charge >= 0.3 is 0 Å². The normalized spacial score (nSPS) is 22.9. The van der Waals surface area contributed by atoms with Crippen LogP contribution in [0.1, 0.15) is 37.4 Å². The van der Waals surface area contributed by atoms with Crippen molar-refractivity contribution in [1.82, 2.24) is 8.87 Å². The molecule has 2 heterocycles. The van der Waals surface area contributed by atoms with Crippen molar-refractivity contribution in [2.45, 2.75) is 31.7 Å². The first kappa shape index (κ1) is 14.1. The molecule has 0 bridgehead atoms. The Labute approximate surface area is 117 Å². The molecule has 0 saturated carbocycles. The van der Waals surface area contributed by atoms with Gasteiger partial charge in [-0.25, -0.2) is 8.42 Å². The van der Waals surface area contributed by atoms with Crippen LogP contribution in [0, 0.1) is 0 Å². The van der Waals surface area contributed by atoms with Crippen molar-refractivity contribution in [3.8, 4) is 0 Å². The van der Waals surface area contributed by atoms with Crippen molar-refractivity contribution in [2.75, 3.05) is 11.2 Å². The van der Waals surface area contributed by atoms with Crippen LogP contribution in [0.3, 0.4) is 0 Å². The minimum atomic E-state index is -3.20. The van der Waals surface area contributed by atoms with Crippen LogP contribution in [0.5, 0.6) is 0 Å². The topological polar surface area (TPSA) is 42.3 Å². The van der Waals surface area contributed by atoms with Gasteiger partial charge in [0, 0.05) is 25.5 Å². The predicted molar refractivity (Wildman–Crippen MR) is 76.0 cm³/mol. The van der Waals surface area contributed by atoms with Crippen LogP contribution >= 0.6 is 15.9 Å². The van der Waals surface area contributed by atoms with E-state index in [0.29, 0.717) is 6.54 Å². The molecule has 0 aliphatic carbocycles. The van der Waals surface area contributed by atoms with Crippen LogP contribution in [0.25, 0.3) is 0 Å². The molecule has 1 atom stereocenters. The van der Waals surface area contributed by atoms with Gasteiger partial charge < -0.3 is 4.57 Å². The smallest absolute Gasteiger partial charge is 0.224 e. The first-order valence-electron chi connectivity index (χ1n) is 6.23. The highest BCUT2D eigenvalue weighted by Crippen LogP contribution is 2.32. The second kappa shape index (κ2) is 5.75. The summed E-state index contributed by atoms with van der Waals surface area (Å²) >= 11 is 3.10. The predicted octanol–water partition coefficient (Wildman–Crippen LogP) is 2.62. The fraction of sp³-hybridized carbons (Fsp3) is 0.667. The summed E-state index contributed by atoms with van der Waals surface area (Å²) < 4.78 is 28.1. The number of hydrogen-bond donors (Lipinski definition) is 0. The third kappa shape index (κ3) is 2.81. The van der Waals surface area contributed by atoms with Gasteiger partial charge in [-0.2, -0.15) is 4.31 Å². The molecule has 0 spiro atoms. The highest BCUT2D eigenvalue weighted by Gasteiger charge is 2.32. The number of halogens is 1. The molecular formula is C12H19BrN2O2S. The van der Waals surface area contributed by atoms with Crippen LogP contribution < -0.4 is 0 Å². The molecule has 0 aromatic carbocycles. The van der Waals surface area contributed by atoms with Gasteiger partial charge in [-0.05, 0) is 25.0 Å². The summed E-state index contributed by atoms with van der Waals surface area (Å²) in [7, 11) is -1.23. The van der Waals surface area contributed by atoms with E-state index in [1.165, 1.54) is 0 Å². The SMILES string of the molecule is Cn1cccc1C1CCCCCN1S(=O)(=O)CBr. The van der Waals surface area contributed by atoms with Gasteiger partial charge in [-0.15, -0.1) is 0 Å². The van der Waals surface area contributed by atoms with E-state index >= 15 is 0 Å². The van der Waals surface area contributed by atoms with Crippen molar-refractivity contribution in [1.29, 1.82) is 0 Å². The molecule has 0 amide bonds. The third-order valence-corrected chi connectivity index (χ3v) is 6.69. The molecule has 18 heavy (non-hydrogen) atoms. The zero-order valence-electron chi connectivity index (χ0n) is 10.5. The molecule has 1 aromatic heterocycles. The number of alkyl halides is 1. The van der Waals surface area contributed by atoms with Crippen LogP contribution in [-0.4, -0.2) is 28.5 Å². The molecule has 1 aliphatic heterocycles. The Balaban J connectivity index is 2.37. The van der Waals surface area contributed by atoms with E-state index in [4.69, 9.17) is 0 Å². The van der Waals surface area contributed by atoms with Crippen molar-refractivity contribution in [3.63, 3.8) is 0 Å². The second-order valence-corrected chi connectivity index (χ2v) is 7.97. The lowest BCUT2D eigenvalue weighted by Crippen LogP contribution is -2.36. The average molecular weight is 335 g/mol. The quantitative estimate of drug-likeness (QED) is 0.797. The van der Waals surface area contributed by atoms with E-state index in [1.807, 2.05) is 29.9 Å². The molecular weight excluding hydrogens is 316 g/mol. The van der Waals surface area contributed by atoms with E-state index in [9.17, 15) is 8.42 Å². The Morgan fingerprint density at radius 1 is 1.39 bits per heavy atom. The summed E-state index contributed by atoms with van der Waals surface area (Å²) in [5.41, 5.74) is 1.08. The van der Waals surface area contributed by atoms with Crippen LogP contribution in [-0.2, 0) is 17.1 Å². The summed E-state index contributed by atoms with van der Waals surface area (Å²) in [4.78, 5) is 0. The molecule has 0 radical (unpaired) electrons. The average Bonchev–Trinajstić information content (AvgIpc) is 2.63. The van der Waals surface area contributed by atoms with Crippen molar-refractivity contribution in [3.05, 3.63) is 24.0 Å². The summed E-state index contributed by atoms with van der Waals surface area (Å²) in [5, 5.41) is 0. The zero-order chi connectivity index (χ0) is 13.2. The molecule has 1 aliphatic rings. The molecule has 6 heteroatoms. The number of nitrogens with zero attached hydrogens (tertiary/aromatic N) is 2. The molecule has 1 saturated heterocycles. The Morgan fingerprint density at radius 2 is 2.17 bits per heavy atom. The fourth-order valence-electron chi connectivity index (χ4n) is 2.59. The summed E-state index contributed by atoms with van der Waals surface area (Å²) in [5.74, 6) is 0. The van der Waals surface area contributed by atoms with E-state index < -0.39 is 10.0 Å². The van der Waals surface area contributed by atoms with Crippen LogP contribution in [0.4, 0.5) is 0 Å². The van der Waals surface area contributed by atoms with E-state index in [2.05, 4.69) is 15.9 Å². The Hall–Kier alpha value is -0.330. The minimum absolute atomic E-state index is 0.000916. The monoisotopic (exact) mass is 334 g/mol. The first-order valence-corrected chi connectivity index (χ1v) is 8.96. The summed E-state index contributed by atoms with van der Waals surface area (Å²) in [6.45, 7) is 0.629. The molecule has 102 valence electrons. The summed E-state index contributed by atoms with van der Waals surface area (Å²) in [6.07, 6.45) is 6.02. The zero-order valence-corrected chi connectivity index (χ0v) is 13.0. The van der Waals surface area contributed by atoms with Gasteiger partial charge in [0.25, 0.3) is 0 Å². The minimum Gasteiger partial charge on any atom is -0.353 e. The van der Waals surface area contributed by atoms with Crippen molar-refractivity contribution >= 4 is 26.0 Å². The molecule has 2 rings (SSSR count). The van der Waals surface area contributed by atoms with E-state index in [-0.39, 0.29) is 10.7 Å². The number of aryl methyl sites for hydroxylation is 1. The number of aromatic nitrogens is 1. The maximum atomic E-state index is 12.2. The lowest BCUT2D eigenvalue weighted by atomic mass is 10.1. The van der Waals surface area contributed by atoms with Crippen molar-refractivity contribution < 1.29 is 8.42 Å². The number of hydrogen-bond acceptors (Lipinski definition) is 2. The van der Waals surface area contributed by atoms with Gasteiger partial charge in [0.2, 0.25) is 10.0 Å². The summed E-state index contributed by atoms with van der Waals surface area (Å²) in [6, 6.07) is 3.97. The van der Waals surface area contributed by atoms with Gasteiger partial charge in [-0.1, -0.05) is 28.8 Å². The maximum absolute atomic E-state index is 12.2. The Morgan fingerprint density at radius 3 is 2.78 bits per heavy atom. The van der Waals surface area contributed by atoms with Crippen LogP contribution in [0.2, 0.25) is 0 Å². The number of rotatable bonds is 3. The highest BCUT2D eigenvalue weighted by molar-refractivity contribution is 9.10. The van der Waals surface area contributed by atoms with E-state index in [0.717, 1.165) is 31.4 Å². The third-order valence-electron chi connectivity index (χ3n) is 3.52. The second-order valence-electron chi connectivity index (χ2n) is 4.74. The van der Waals surface area contributed by atoms with Crippen LogP contribution in [0.15, 0.2) is 18.3 Å². The maximum Gasteiger partial charge on any atom is 0.224 e. The Bertz CT molecular complexity index is 498. The van der Waals surface area contributed by atoms with E-state index in [1.54, 1.807) is 4.31 Å². The lowest BCUT2D eigenvalue weighted by Gasteiger charge is -2.28. The largest absolute Gasteiger partial charge is 0.353 e. The number of sulfonamides is 1. The molecule has 4 nitrogen and oxygen atoms in total. The molecule has 0 N–H and O–H groups in total. The first-order chi connectivity index (χ1) is 8.56. The molecule has 1 fully saturated rings. The molecule has 1 aromatic rings. The van der Waals surface area contributed by atoms with Gasteiger partial charge in [0.1, 0.15) is 4.66 Å². The molecule has 1 unspecified atom stereocenters. The van der Waals surface area contributed by atoms with Crippen molar-refractivity contribution in [2.24, 2.45) is 7.05 Å². The highest BCUT2D eigenvalue weighted by atomic mass is 79.9. The van der Waals surface area contributed by atoms with Gasteiger partial charge in [0.15, 0.2) is 0 Å².